The fraction of sp³-hybridized carbons (Fsp3) is 0.688. The molecule has 1 N–H and O–H groups in total. The summed E-state index contributed by atoms with van der Waals surface area (Å²) in [6, 6.07) is 6.68. The molecular weight excluding hydrogens is 234 g/mol. The molecule has 1 rings (SSSR count). The van der Waals surface area contributed by atoms with E-state index >= 15 is 0 Å². The van der Waals surface area contributed by atoms with Gasteiger partial charge in [0.1, 0.15) is 0 Å². The molecular formula is C16H29N3. The standard InChI is InChI=1S/C16H29N3/c1-14(2)8-11-17-13-15(3)19(4)12-9-16-7-5-6-10-18-16/h5-7,10,14-15,17H,8-9,11-13H2,1-4H3. The van der Waals surface area contributed by atoms with E-state index in [0.717, 1.165) is 32.0 Å². The van der Waals surface area contributed by atoms with Gasteiger partial charge in [0.2, 0.25) is 0 Å². The predicted molar refractivity (Wildman–Crippen MR) is 82.4 cm³/mol. The van der Waals surface area contributed by atoms with Crippen LogP contribution in [0.4, 0.5) is 0 Å². The Balaban J connectivity index is 2.16. The van der Waals surface area contributed by atoms with Crippen LogP contribution in [-0.2, 0) is 6.42 Å². The average Bonchev–Trinajstić information content (AvgIpc) is 2.41. The van der Waals surface area contributed by atoms with Crippen molar-refractivity contribution in [1.82, 2.24) is 15.2 Å². The third-order valence-corrected chi connectivity index (χ3v) is 3.54. The molecule has 19 heavy (non-hydrogen) atoms. The average molecular weight is 263 g/mol. The van der Waals surface area contributed by atoms with Crippen molar-refractivity contribution >= 4 is 0 Å². The minimum absolute atomic E-state index is 0.566. The molecule has 0 aliphatic carbocycles. The van der Waals surface area contributed by atoms with Crippen molar-refractivity contribution in [2.75, 3.05) is 26.7 Å². The summed E-state index contributed by atoms with van der Waals surface area (Å²) in [5.41, 5.74) is 1.18. The summed E-state index contributed by atoms with van der Waals surface area (Å²) in [4.78, 5) is 6.76. The Morgan fingerprint density at radius 2 is 2.05 bits per heavy atom. The number of aromatic nitrogens is 1. The fourth-order valence-electron chi connectivity index (χ4n) is 1.91. The number of nitrogens with zero attached hydrogens (tertiary/aromatic N) is 2. The van der Waals surface area contributed by atoms with E-state index in [4.69, 9.17) is 0 Å². The Morgan fingerprint density at radius 1 is 1.26 bits per heavy atom. The van der Waals surface area contributed by atoms with Gasteiger partial charge in [0.15, 0.2) is 0 Å². The van der Waals surface area contributed by atoms with Crippen LogP contribution in [0.2, 0.25) is 0 Å². The molecule has 1 aromatic rings. The molecule has 0 aromatic carbocycles. The summed E-state index contributed by atoms with van der Waals surface area (Å²) < 4.78 is 0. The fourth-order valence-corrected chi connectivity index (χ4v) is 1.91. The van der Waals surface area contributed by atoms with Crippen LogP contribution in [0.25, 0.3) is 0 Å². The molecule has 1 atom stereocenters. The van der Waals surface area contributed by atoms with Gasteiger partial charge in [-0.2, -0.15) is 0 Å². The normalized spacial score (nSPS) is 13.2. The molecule has 0 radical (unpaired) electrons. The van der Waals surface area contributed by atoms with E-state index in [2.05, 4.69) is 55.2 Å². The largest absolute Gasteiger partial charge is 0.315 e. The minimum atomic E-state index is 0.566. The van der Waals surface area contributed by atoms with Gasteiger partial charge >= 0.3 is 0 Å². The van der Waals surface area contributed by atoms with Crippen LogP contribution in [0.15, 0.2) is 24.4 Å². The molecule has 1 aromatic heterocycles. The summed E-state index contributed by atoms with van der Waals surface area (Å²) in [5, 5.41) is 3.54. The SMILES string of the molecule is CC(C)CCNCC(C)N(C)CCc1ccccn1. The van der Waals surface area contributed by atoms with Crippen LogP contribution >= 0.6 is 0 Å². The first-order chi connectivity index (χ1) is 9.09. The van der Waals surface area contributed by atoms with Crippen LogP contribution in [0.5, 0.6) is 0 Å². The lowest BCUT2D eigenvalue weighted by atomic mass is 10.1. The number of rotatable bonds is 9. The second-order valence-corrected chi connectivity index (χ2v) is 5.79. The van der Waals surface area contributed by atoms with Gasteiger partial charge in [-0.1, -0.05) is 19.9 Å². The molecule has 0 fully saturated rings. The van der Waals surface area contributed by atoms with Gasteiger partial charge in [0.05, 0.1) is 0 Å². The van der Waals surface area contributed by atoms with Crippen molar-refractivity contribution in [3.05, 3.63) is 30.1 Å². The van der Waals surface area contributed by atoms with Crippen LogP contribution in [0, 0.1) is 5.92 Å². The number of hydrogen-bond donors (Lipinski definition) is 1. The van der Waals surface area contributed by atoms with Crippen LogP contribution in [0.1, 0.15) is 32.9 Å². The molecule has 108 valence electrons. The zero-order valence-electron chi connectivity index (χ0n) is 12.9. The molecule has 1 heterocycles. The summed E-state index contributed by atoms with van der Waals surface area (Å²) in [6.45, 7) is 10.1. The number of hydrogen-bond acceptors (Lipinski definition) is 3. The number of likely N-dealkylation sites (N-methyl/N-ethyl adjacent to an activating group) is 1. The second kappa shape index (κ2) is 9.05. The Hall–Kier alpha value is -0.930. The van der Waals surface area contributed by atoms with Crippen LogP contribution in [-0.4, -0.2) is 42.6 Å². The molecule has 0 amide bonds. The molecule has 0 aliphatic rings. The molecule has 0 bridgehead atoms. The van der Waals surface area contributed by atoms with Crippen molar-refractivity contribution in [1.29, 1.82) is 0 Å². The third kappa shape index (κ3) is 7.28. The Morgan fingerprint density at radius 3 is 2.68 bits per heavy atom. The minimum Gasteiger partial charge on any atom is -0.315 e. The lowest BCUT2D eigenvalue weighted by Gasteiger charge is -2.25. The van der Waals surface area contributed by atoms with E-state index in [1.807, 2.05) is 12.3 Å². The summed E-state index contributed by atoms with van der Waals surface area (Å²) >= 11 is 0. The van der Waals surface area contributed by atoms with Crippen molar-refractivity contribution in [2.45, 2.75) is 39.7 Å². The van der Waals surface area contributed by atoms with E-state index in [-0.39, 0.29) is 0 Å². The predicted octanol–water partition coefficient (Wildman–Crippen LogP) is 2.58. The second-order valence-electron chi connectivity index (χ2n) is 5.79. The van der Waals surface area contributed by atoms with Gasteiger partial charge in [-0.3, -0.25) is 4.98 Å². The first-order valence-electron chi connectivity index (χ1n) is 7.40. The highest BCUT2D eigenvalue weighted by atomic mass is 15.1. The Kier molecular flexibility index (Phi) is 7.68. The molecule has 0 saturated carbocycles. The topological polar surface area (TPSA) is 28.2 Å². The molecule has 3 heteroatoms. The van der Waals surface area contributed by atoms with Gasteiger partial charge in [0, 0.05) is 37.4 Å². The van der Waals surface area contributed by atoms with E-state index in [9.17, 15) is 0 Å². The molecule has 3 nitrogen and oxygen atoms in total. The maximum absolute atomic E-state index is 4.36. The summed E-state index contributed by atoms with van der Waals surface area (Å²) in [7, 11) is 2.19. The Labute approximate surface area is 118 Å². The maximum atomic E-state index is 4.36. The summed E-state index contributed by atoms with van der Waals surface area (Å²) in [6.07, 6.45) is 4.14. The zero-order valence-corrected chi connectivity index (χ0v) is 12.9. The number of nitrogens with one attached hydrogen (secondary N) is 1. The summed E-state index contributed by atoms with van der Waals surface area (Å²) in [5.74, 6) is 0.782. The van der Waals surface area contributed by atoms with Crippen molar-refractivity contribution < 1.29 is 0 Å². The first-order valence-corrected chi connectivity index (χ1v) is 7.40. The Bertz CT molecular complexity index is 324. The van der Waals surface area contributed by atoms with Crippen LogP contribution in [0.3, 0.4) is 0 Å². The zero-order chi connectivity index (χ0) is 14.1. The van der Waals surface area contributed by atoms with Crippen molar-refractivity contribution in [2.24, 2.45) is 5.92 Å². The quantitative estimate of drug-likeness (QED) is 0.694. The monoisotopic (exact) mass is 263 g/mol. The van der Waals surface area contributed by atoms with Gasteiger partial charge < -0.3 is 10.2 Å². The van der Waals surface area contributed by atoms with E-state index < -0.39 is 0 Å². The molecule has 0 spiro atoms. The van der Waals surface area contributed by atoms with Gasteiger partial charge in [-0.25, -0.2) is 0 Å². The highest BCUT2D eigenvalue weighted by molar-refractivity contribution is 5.03. The lowest BCUT2D eigenvalue weighted by molar-refractivity contribution is 0.252. The third-order valence-electron chi connectivity index (χ3n) is 3.54. The molecule has 0 saturated heterocycles. The molecule has 0 aliphatic heterocycles. The van der Waals surface area contributed by atoms with E-state index in [1.54, 1.807) is 0 Å². The lowest BCUT2D eigenvalue weighted by Crippen LogP contribution is -2.39. The smallest absolute Gasteiger partial charge is 0.0416 e. The van der Waals surface area contributed by atoms with Gasteiger partial charge in [0.25, 0.3) is 0 Å². The highest BCUT2D eigenvalue weighted by Crippen LogP contribution is 2.01. The number of pyridine rings is 1. The highest BCUT2D eigenvalue weighted by Gasteiger charge is 2.08. The van der Waals surface area contributed by atoms with Crippen LogP contribution < -0.4 is 5.32 Å². The first kappa shape index (κ1) is 16.1. The van der Waals surface area contributed by atoms with Crippen molar-refractivity contribution in [3.63, 3.8) is 0 Å². The maximum Gasteiger partial charge on any atom is 0.0416 e. The van der Waals surface area contributed by atoms with Gasteiger partial charge in [-0.15, -0.1) is 0 Å². The van der Waals surface area contributed by atoms with E-state index in [1.165, 1.54) is 12.1 Å². The van der Waals surface area contributed by atoms with E-state index in [0.29, 0.717) is 6.04 Å². The van der Waals surface area contributed by atoms with Crippen molar-refractivity contribution in [3.8, 4) is 0 Å². The molecule has 1 unspecified atom stereocenters. The van der Waals surface area contributed by atoms with Gasteiger partial charge in [-0.05, 0) is 45.0 Å².